The number of rotatable bonds is 5. The van der Waals surface area contributed by atoms with Crippen LogP contribution in [0.1, 0.15) is 167 Å². The highest BCUT2D eigenvalue weighted by Gasteiger charge is 2.48. The molecule has 0 unspecified atom stereocenters. The molecule has 0 atom stereocenters. The molecule has 1 aromatic heterocycles. The monoisotopic (exact) mass is 1050 g/mol. The molecule has 4 aliphatic rings. The third-order valence-corrected chi connectivity index (χ3v) is 20.7. The summed E-state index contributed by atoms with van der Waals surface area (Å²) < 4.78 is 2.66. The molecule has 400 valence electrons. The van der Waals surface area contributed by atoms with Crippen LogP contribution >= 0.6 is 11.3 Å². The number of fused-ring (bicyclic) bond motifs is 9. The summed E-state index contributed by atoms with van der Waals surface area (Å²) in [6, 6.07) is 57.9. The molecule has 8 aromatic carbocycles. The Morgan fingerprint density at radius 1 is 0.430 bits per heavy atom. The van der Waals surface area contributed by atoms with Gasteiger partial charge in [0.05, 0.1) is 0 Å². The Kier molecular flexibility index (Phi) is 11.5. The topological polar surface area (TPSA) is 9.72 Å². The lowest BCUT2D eigenvalue weighted by Crippen LogP contribution is -2.62. The zero-order valence-electron chi connectivity index (χ0n) is 50.0. The second-order valence-electron chi connectivity index (χ2n) is 28.9. The van der Waals surface area contributed by atoms with E-state index in [2.05, 4.69) is 271 Å². The summed E-state index contributed by atoms with van der Waals surface area (Å²) in [7, 11) is 0. The van der Waals surface area contributed by atoms with E-state index in [1.165, 1.54) is 139 Å². The quantitative estimate of drug-likeness (QED) is 0.159. The Bertz CT molecular complexity index is 3950. The van der Waals surface area contributed by atoms with Gasteiger partial charge < -0.3 is 14.7 Å². The SMILES string of the molecule is Cc1ccccc1N(c1ccc2c(c1)N(c1ccc3sc4cc(C(C)(C)C)ccc4c3c1)c1cc(C(C)(C)C)cc3c1B2c1cc2c(cc1N3c1ccc3c(c1)C(C)(C)CCC3(C)C)C(C)(C)CCC2(C)C)c1ccccc1C. The smallest absolute Gasteiger partial charge is 0.252 e. The molecule has 3 heterocycles. The zero-order valence-corrected chi connectivity index (χ0v) is 50.8. The molecule has 13 rings (SSSR count). The zero-order chi connectivity index (χ0) is 55.7. The summed E-state index contributed by atoms with van der Waals surface area (Å²) in [5.74, 6) is 0. The molecule has 0 saturated heterocycles. The van der Waals surface area contributed by atoms with Crippen LogP contribution in [0.2, 0.25) is 0 Å². The van der Waals surface area contributed by atoms with Gasteiger partial charge in [-0.1, -0.05) is 164 Å². The maximum absolute atomic E-state index is 2.73. The lowest BCUT2D eigenvalue weighted by Gasteiger charge is -2.48. The molecule has 79 heavy (non-hydrogen) atoms. The second-order valence-corrected chi connectivity index (χ2v) is 30.0. The van der Waals surface area contributed by atoms with E-state index >= 15 is 0 Å². The van der Waals surface area contributed by atoms with Gasteiger partial charge in [-0.25, -0.2) is 0 Å². The van der Waals surface area contributed by atoms with E-state index < -0.39 is 0 Å². The molecule has 0 fully saturated rings. The molecule has 0 N–H and O–H groups in total. The summed E-state index contributed by atoms with van der Waals surface area (Å²) in [5, 5.41) is 2.63. The number of hydrogen-bond donors (Lipinski definition) is 0. The predicted octanol–water partition coefficient (Wildman–Crippen LogP) is 19.5. The van der Waals surface area contributed by atoms with Crippen LogP contribution in [0.4, 0.5) is 51.2 Å². The van der Waals surface area contributed by atoms with Gasteiger partial charge in [0.1, 0.15) is 0 Å². The van der Waals surface area contributed by atoms with Crippen LogP contribution < -0.4 is 31.1 Å². The van der Waals surface area contributed by atoms with Crippen molar-refractivity contribution in [1.82, 2.24) is 0 Å². The van der Waals surface area contributed by atoms with E-state index in [1.54, 1.807) is 0 Å². The van der Waals surface area contributed by atoms with Crippen LogP contribution in [0, 0.1) is 13.8 Å². The molecule has 9 aromatic rings. The van der Waals surface area contributed by atoms with Crippen LogP contribution in [-0.2, 0) is 32.5 Å². The standard InChI is InChI=1S/C74H80BN3S/c1-45-21-17-19-23-60(45)76(61-24-20-18-22-46(61)2)51-27-31-58-62(42-51)77(49-28-32-66-53(40-49)52-29-25-47(69(3,4)5)39-67(52)79-66)64-37-48(70(6,7)8)38-65-68(64)75(58)59-43-56-57(74(15,16)36-35-73(56,13)14)44-63(59)78(65)50-26-30-54-55(41-50)72(11,12)34-33-71(54,9)10/h17-32,37-44H,33-36H2,1-16H3. The molecule has 5 heteroatoms. The van der Waals surface area contributed by atoms with Crippen molar-refractivity contribution in [2.75, 3.05) is 14.7 Å². The number of hydrogen-bond acceptors (Lipinski definition) is 4. The lowest BCUT2D eigenvalue weighted by molar-refractivity contribution is 0.332. The minimum Gasteiger partial charge on any atom is -0.311 e. The van der Waals surface area contributed by atoms with Gasteiger partial charge >= 0.3 is 0 Å². The largest absolute Gasteiger partial charge is 0.311 e. The first-order valence-corrected chi connectivity index (χ1v) is 30.2. The normalized spacial score (nSPS) is 17.5. The molecule has 0 amide bonds. The van der Waals surface area contributed by atoms with Crippen LogP contribution in [0.15, 0.2) is 146 Å². The van der Waals surface area contributed by atoms with Crippen LogP contribution in [0.25, 0.3) is 20.2 Å². The molecule has 0 saturated carbocycles. The second kappa shape index (κ2) is 17.5. The highest BCUT2D eigenvalue weighted by Crippen LogP contribution is 2.54. The average Bonchev–Trinajstić information content (AvgIpc) is 3.69. The number of thiophene rings is 1. The van der Waals surface area contributed by atoms with E-state index in [-0.39, 0.29) is 39.2 Å². The fourth-order valence-electron chi connectivity index (χ4n) is 14.3. The van der Waals surface area contributed by atoms with Crippen LogP contribution in [0.5, 0.6) is 0 Å². The maximum atomic E-state index is 2.73. The Morgan fingerprint density at radius 2 is 0.949 bits per heavy atom. The Morgan fingerprint density at radius 3 is 1.53 bits per heavy atom. The van der Waals surface area contributed by atoms with Gasteiger partial charge in [0.2, 0.25) is 0 Å². The molecular weight excluding hydrogens is 974 g/mol. The summed E-state index contributed by atoms with van der Waals surface area (Å²) in [6.07, 6.45) is 4.67. The van der Waals surface area contributed by atoms with E-state index in [0.717, 1.165) is 18.5 Å². The molecule has 0 radical (unpaired) electrons. The Labute approximate surface area is 476 Å². The Hall–Kier alpha value is -6.56. The van der Waals surface area contributed by atoms with E-state index in [1.807, 2.05) is 11.3 Å². The Balaban J connectivity index is 1.15. The van der Waals surface area contributed by atoms with Crippen molar-refractivity contribution in [3.63, 3.8) is 0 Å². The van der Waals surface area contributed by atoms with Gasteiger partial charge in [-0.05, 0) is 212 Å². The van der Waals surface area contributed by atoms with Gasteiger partial charge in [-0.3, -0.25) is 0 Å². The van der Waals surface area contributed by atoms with Gasteiger partial charge in [-0.15, -0.1) is 11.3 Å². The van der Waals surface area contributed by atoms with Crippen LogP contribution in [-0.4, -0.2) is 6.71 Å². The van der Waals surface area contributed by atoms with Gasteiger partial charge in [0.15, 0.2) is 0 Å². The molecule has 2 aliphatic carbocycles. The number of nitrogens with zero attached hydrogens (tertiary/aromatic N) is 3. The lowest BCUT2D eigenvalue weighted by atomic mass is 9.33. The van der Waals surface area contributed by atoms with Crippen molar-refractivity contribution >= 4 is 106 Å². The number of aryl methyl sites for hydroxylation is 2. The van der Waals surface area contributed by atoms with Crippen molar-refractivity contribution in [3.8, 4) is 0 Å². The van der Waals surface area contributed by atoms with Gasteiger partial charge in [0, 0.05) is 71.4 Å². The molecule has 0 spiro atoms. The fraction of sp³-hybridized carbons (Fsp3) is 0.351. The summed E-state index contributed by atoms with van der Waals surface area (Å²) in [6.45, 7) is 38.5. The van der Waals surface area contributed by atoms with E-state index in [4.69, 9.17) is 0 Å². The summed E-state index contributed by atoms with van der Waals surface area (Å²) in [4.78, 5) is 7.92. The number of para-hydroxylation sites is 2. The number of benzene rings is 8. The van der Waals surface area contributed by atoms with Crippen LogP contribution in [0.3, 0.4) is 0 Å². The molecule has 3 nitrogen and oxygen atoms in total. The van der Waals surface area contributed by atoms with Gasteiger partial charge in [0.25, 0.3) is 6.71 Å². The van der Waals surface area contributed by atoms with Crippen molar-refractivity contribution in [2.24, 2.45) is 0 Å². The fourth-order valence-corrected chi connectivity index (χ4v) is 15.4. The third-order valence-electron chi connectivity index (χ3n) is 19.5. The molecule has 2 aliphatic heterocycles. The summed E-state index contributed by atoms with van der Waals surface area (Å²) >= 11 is 1.92. The first kappa shape index (κ1) is 51.9. The highest BCUT2D eigenvalue weighted by molar-refractivity contribution is 7.25. The average molecular weight is 1050 g/mol. The minimum absolute atomic E-state index is 0.0205. The maximum Gasteiger partial charge on any atom is 0.252 e. The van der Waals surface area contributed by atoms with Gasteiger partial charge in [-0.2, -0.15) is 0 Å². The van der Waals surface area contributed by atoms with E-state index in [9.17, 15) is 0 Å². The first-order valence-electron chi connectivity index (χ1n) is 29.4. The van der Waals surface area contributed by atoms with Crippen molar-refractivity contribution in [1.29, 1.82) is 0 Å². The minimum atomic E-state index is -0.157. The summed E-state index contributed by atoms with van der Waals surface area (Å²) in [5.41, 5.74) is 26.4. The molecule has 0 bridgehead atoms. The predicted molar refractivity (Wildman–Crippen MR) is 345 cm³/mol. The molecular formula is C74H80BN3S. The third kappa shape index (κ3) is 8.16. The van der Waals surface area contributed by atoms with Crippen molar-refractivity contribution < 1.29 is 0 Å². The van der Waals surface area contributed by atoms with Crippen molar-refractivity contribution in [3.05, 3.63) is 190 Å². The first-order chi connectivity index (χ1) is 37.2. The highest BCUT2D eigenvalue weighted by atomic mass is 32.1. The van der Waals surface area contributed by atoms with E-state index in [0.29, 0.717) is 0 Å². The number of anilines is 9. The van der Waals surface area contributed by atoms with Crippen molar-refractivity contribution in [2.45, 2.75) is 169 Å².